The molecule has 0 bridgehead atoms. The van der Waals surface area contributed by atoms with Crippen LogP contribution in [0.4, 0.5) is 0 Å². The normalized spacial score (nSPS) is 18.3. The highest BCUT2D eigenvalue weighted by Crippen LogP contribution is 2.19. The van der Waals surface area contributed by atoms with E-state index in [0.29, 0.717) is 12.2 Å². The molecule has 3 unspecified atom stereocenters. The van der Waals surface area contributed by atoms with Crippen molar-refractivity contribution in [1.29, 1.82) is 0 Å². The Hall–Kier alpha value is -1.53. The first kappa shape index (κ1) is 24.5. The van der Waals surface area contributed by atoms with Crippen molar-refractivity contribution in [2.45, 2.75) is 59.6 Å². The van der Waals surface area contributed by atoms with Crippen LogP contribution in [0, 0.1) is 18.8 Å². The molecule has 0 radical (unpaired) electrons. The second kappa shape index (κ2) is 14.5. The second-order valence-corrected chi connectivity index (χ2v) is 7.60. The number of aliphatic hydroxyl groups excluding tert-OH is 1. The molecule has 1 aromatic rings. The maximum absolute atomic E-state index is 10.1. The Bertz CT molecular complexity index is 589. The zero-order valence-corrected chi connectivity index (χ0v) is 18.0. The summed E-state index contributed by atoms with van der Waals surface area (Å²) in [7, 11) is 0. The Kier molecular flexibility index (Phi) is 12.7. The van der Waals surface area contributed by atoms with Crippen LogP contribution in [0.5, 0.6) is 0 Å². The van der Waals surface area contributed by atoms with Gasteiger partial charge in [0.1, 0.15) is 0 Å². The number of hydroxylamine groups is 2. The summed E-state index contributed by atoms with van der Waals surface area (Å²) in [5.74, 6) is 1.06. The summed E-state index contributed by atoms with van der Waals surface area (Å²) in [4.78, 5) is 4.09. The summed E-state index contributed by atoms with van der Waals surface area (Å²) in [6.07, 6.45) is 13.3. The first-order valence-corrected chi connectivity index (χ1v) is 10.6. The number of nitrogens with zero attached hydrogens (tertiary/aromatic N) is 2. The first-order valence-electron chi connectivity index (χ1n) is 10.6. The maximum Gasteiger partial charge on any atom is 0.172 e. The van der Waals surface area contributed by atoms with Gasteiger partial charge in [-0.15, -0.1) is 0 Å². The van der Waals surface area contributed by atoms with E-state index in [9.17, 15) is 10.3 Å². The molecule has 3 N–H and O–H groups in total. The minimum absolute atomic E-state index is 0.211. The zero-order valence-electron chi connectivity index (χ0n) is 18.0. The van der Waals surface area contributed by atoms with E-state index >= 15 is 0 Å². The fourth-order valence-electron chi connectivity index (χ4n) is 2.79. The van der Waals surface area contributed by atoms with Crippen LogP contribution in [0.2, 0.25) is 0 Å². The summed E-state index contributed by atoms with van der Waals surface area (Å²) in [6, 6.07) is 3.63. The van der Waals surface area contributed by atoms with Crippen LogP contribution in [-0.4, -0.2) is 40.0 Å². The van der Waals surface area contributed by atoms with Crippen molar-refractivity contribution in [3.05, 3.63) is 53.9 Å². The number of aliphatic hydroxyl groups is 1. The van der Waals surface area contributed by atoms with Crippen LogP contribution < -0.4 is 5.32 Å². The lowest BCUT2D eigenvalue weighted by Crippen LogP contribution is -2.30. The monoisotopic (exact) mass is 389 g/mol. The predicted octanol–water partition coefficient (Wildman–Crippen LogP) is 4.63. The fourth-order valence-corrected chi connectivity index (χ4v) is 2.79. The molecule has 0 amide bonds. The molecule has 0 saturated carbocycles. The van der Waals surface area contributed by atoms with E-state index in [1.54, 1.807) is 12.3 Å². The highest BCUT2D eigenvalue weighted by Gasteiger charge is 2.20. The molecule has 1 aliphatic rings. The van der Waals surface area contributed by atoms with Crippen molar-refractivity contribution in [2.24, 2.45) is 11.8 Å². The largest absolute Gasteiger partial charge is 0.371 e. The van der Waals surface area contributed by atoms with Gasteiger partial charge in [0.25, 0.3) is 0 Å². The fraction of sp³-hybridized carbons (Fsp3) is 0.609. The number of aryl methyl sites for hydroxylation is 1. The Morgan fingerprint density at radius 2 is 2.07 bits per heavy atom. The molecular formula is C23H39N3O2. The van der Waals surface area contributed by atoms with Crippen molar-refractivity contribution >= 4 is 0 Å². The molecule has 1 aliphatic carbocycles. The Balaban J connectivity index is 0.000000370. The quantitative estimate of drug-likeness (QED) is 0.249. The summed E-state index contributed by atoms with van der Waals surface area (Å²) < 4.78 is 0. The Morgan fingerprint density at radius 3 is 2.75 bits per heavy atom. The number of hydrogen-bond donors (Lipinski definition) is 3. The SMILES string of the molecule is CCCNCC(C)CC.Cc1ccnc(C(O)N(O)CC2C=CCC=CC2)c1. The third-order valence-electron chi connectivity index (χ3n) is 4.81. The number of pyridine rings is 1. The van der Waals surface area contributed by atoms with E-state index in [4.69, 9.17) is 0 Å². The number of aromatic nitrogens is 1. The summed E-state index contributed by atoms with van der Waals surface area (Å²) >= 11 is 0. The maximum atomic E-state index is 10.1. The zero-order chi connectivity index (χ0) is 20.8. The molecule has 0 spiro atoms. The molecule has 0 aromatic carbocycles. The molecule has 5 nitrogen and oxygen atoms in total. The van der Waals surface area contributed by atoms with Crippen molar-refractivity contribution in [1.82, 2.24) is 15.4 Å². The van der Waals surface area contributed by atoms with Crippen LogP contribution in [0.3, 0.4) is 0 Å². The molecule has 2 rings (SSSR count). The van der Waals surface area contributed by atoms with Gasteiger partial charge in [-0.05, 0) is 68.8 Å². The van der Waals surface area contributed by atoms with E-state index in [-0.39, 0.29) is 5.92 Å². The minimum Gasteiger partial charge on any atom is -0.371 e. The predicted molar refractivity (Wildman–Crippen MR) is 116 cm³/mol. The van der Waals surface area contributed by atoms with E-state index in [1.807, 2.05) is 13.0 Å². The molecular weight excluding hydrogens is 350 g/mol. The minimum atomic E-state index is -1.08. The highest BCUT2D eigenvalue weighted by molar-refractivity contribution is 5.15. The van der Waals surface area contributed by atoms with E-state index in [2.05, 4.69) is 55.4 Å². The van der Waals surface area contributed by atoms with Crippen molar-refractivity contribution < 1.29 is 10.3 Å². The van der Waals surface area contributed by atoms with Gasteiger partial charge in [-0.3, -0.25) is 4.98 Å². The molecule has 3 atom stereocenters. The molecule has 5 heteroatoms. The van der Waals surface area contributed by atoms with Crippen LogP contribution >= 0.6 is 0 Å². The van der Waals surface area contributed by atoms with Crippen LogP contribution in [-0.2, 0) is 0 Å². The lowest BCUT2D eigenvalue weighted by molar-refractivity contribution is -0.205. The van der Waals surface area contributed by atoms with E-state index in [0.717, 1.165) is 29.4 Å². The van der Waals surface area contributed by atoms with Gasteiger partial charge in [0.05, 0.1) is 5.69 Å². The molecule has 28 heavy (non-hydrogen) atoms. The summed E-state index contributed by atoms with van der Waals surface area (Å²) in [5, 5.41) is 24.4. The van der Waals surface area contributed by atoms with E-state index in [1.165, 1.54) is 25.9 Å². The van der Waals surface area contributed by atoms with Crippen LogP contribution in [0.15, 0.2) is 42.6 Å². The number of nitrogens with one attached hydrogen (secondary N) is 1. The van der Waals surface area contributed by atoms with Gasteiger partial charge in [-0.1, -0.05) is 51.5 Å². The molecule has 158 valence electrons. The van der Waals surface area contributed by atoms with Crippen LogP contribution in [0.1, 0.15) is 63.9 Å². The number of hydrogen-bond acceptors (Lipinski definition) is 5. The van der Waals surface area contributed by atoms with E-state index < -0.39 is 6.23 Å². The smallest absolute Gasteiger partial charge is 0.172 e. The molecule has 0 saturated heterocycles. The average molecular weight is 390 g/mol. The van der Waals surface area contributed by atoms with Gasteiger partial charge >= 0.3 is 0 Å². The van der Waals surface area contributed by atoms with Gasteiger partial charge in [-0.25, -0.2) is 0 Å². The van der Waals surface area contributed by atoms with Crippen LogP contribution in [0.25, 0.3) is 0 Å². The van der Waals surface area contributed by atoms with Crippen molar-refractivity contribution in [2.75, 3.05) is 19.6 Å². The second-order valence-electron chi connectivity index (χ2n) is 7.60. The third-order valence-corrected chi connectivity index (χ3v) is 4.81. The average Bonchev–Trinajstić information content (AvgIpc) is 2.96. The highest BCUT2D eigenvalue weighted by atomic mass is 16.5. The lowest BCUT2D eigenvalue weighted by Gasteiger charge is -2.24. The molecule has 1 heterocycles. The van der Waals surface area contributed by atoms with Gasteiger partial charge in [0.2, 0.25) is 0 Å². The Morgan fingerprint density at radius 1 is 1.29 bits per heavy atom. The number of rotatable bonds is 9. The Labute approximate surface area is 171 Å². The summed E-state index contributed by atoms with van der Waals surface area (Å²) in [5.41, 5.74) is 1.48. The topological polar surface area (TPSA) is 68.6 Å². The molecule has 0 fully saturated rings. The van der Waals surface area contributed by atoms with Gasteiger partial charge in [0.15, 0.2) is 6.23 Å². The van der Waals surface area contributed by atoms with Crippen molar-refractivity contribution in [3.63, 3.8) is 0 Å². The lowest BCUT2D eigenvalue weighted by atomic mass is 10.1. The molecule has 0 aliphatic heterocycles. The number of allylic oxidation sites excluding steroid dienone is 3. The standard InChI is InChI=1S/C15H20N2O2.C8H19N/c1-12-8-9-16-14(10-12)15(18)17(19)11-13-6-4-2-3-5-7-13;1-4-6-9-7-8(3)5-2/h2,4-5,7-10,13,15,18-19H,3,6,11H2,1H3;8-9H,4-7H2,1-3H3. The summed E-state index contributed by atoms with van der Waals surface area (Å²) in [6.45, 7) is 11.4. The first-order chi connectivity index (χ1) is 13.5. The van der Waals surface area contributed by atoms with Crippen molar-refractivity contribution in [3.8, 4) is 0 Å². The molecule has 1 aromatic heterocycles. The van der Waals surface area contributed by atoms with Gasteiger partial charge in [0, 0.05) is 12.7 Å². The van der Waals surface area contributed by atoms with Gasteiger partial charge < -0.3 is 15.6 Å². The van der Waals surface area contributed by atoms with Gasteiger partial charge in [-0.2, -0.15) is 5.06 Å². The third kappa shape index (κ3) is 10.1.